The van der Waals surface area contributed by atoms with Gasteiger partial charge in [-0.1, -0.05) is 0 Å². The second kappa shape index (κ2) is 4.91. The van der Waals surface area contributed by atoms with Crippen LogP contribution in [0.15, 0.2) is 29.2 Å². The van der Waals surface area contributed by atoms with Gasteiger partial charge in [0.2, 0.25) is 0 Å². The summed E-state index contributed by atoms with van der Waals surface area (Å²) < 4.78 is 0. The lowest BCUT2D eigenvalue weighted by Crippen LogP contribution is -2.18. The Balaban J connectivity index is 2.11. The second-order valence-electron chi connectivity index (χ2n) is 3.39. The van der Waals surface area contributed by atoms with Gasteiger partial charge in [-0.25, -0.2) is 15.8 Å². The summed E-state index contributed by atoms with van der Waals surface area (Å²) in [4.78, 5) is 10.2. The van der Waals surface area contributed by atoms with E-state index in [1.165, 1.54) is 11.9 Å². The number of hydrogen-bond donors (Lipinski definition) is 2. The molecular weight excluding hydrogens is 222 g/mol. The van der Waals surface area contributed by atoms with Gasteiger partial charge in [-0.3, -0.25) is 0 Å². The topological polar surface area (TPSA) is 67.1 Å². The standard InChI is InChI=1S/C10H13N5S/c1-15(5-8-2-3-16-6-8)10-4-9(14-11)12-7-13-10/h2-4,6-7H,5,11H2,1H3,(H,12,13,14). The van der Waals surface area contributed by atoms with Gasteiger partial charge in [0.15, 0.2) is 0 Å². The van der Waals surface area contributed by atoms with E-state index in [9.17, 15) is 0 Å². The average Bonchev–Trinajstić information content (AvgIpc) is 2.82. The number of nitrogen functional groups attached to an aromatic ring is 1. The first-order valence-corrected chi connectivity index (χ1v) is 5.75. The van der Waals surface area contributed by atoms with Gasteiger partial charge in [0.1, 0.15) is 18.0 Å². The van der Waals surface area contributed by atoms with Gasteiger partial charge in [0.25, 0.3) is 0 Å². The van der Waals surface area contributed by atoms with E-state index in [2.05, 4.69) is 32.2 Å². The van der Waals surface area contributed by atoms with E-state index in [-0.39, 0.29) is 0 Å². The molecule has 0 aliphatic rings. The molecule has 5 nitrogen and oxygen atoms in total. The molecule has 0 fully saturated rings. The minimum Gasteiger partial charge on any atom is -0.355 e. The van der Waals surface area contributed by atoms with E-state index in [1.807, 2.05) is 18.0 Å². The van der Waals surface area contributed by atoms with E-state index in [0.29, 0.717) is 5.82 Å². The number of hydrazine groups is 1. The second-order valence-corrected chi connectivity index (χ2v) is 4.17. The van der Waals surface area contributed by atoms with Crippen LogP contribution in [0.3, 0.4) is 0 Å². The van der Waals surface area contributed by atoms with Crippen LogP contribution in [0.5, 0.6) is 0 Å². The Kier molecular flexibility index (Phi) is 3.33. The number of nitrogens with two attached hydrogens (primary N) is 1. The molecule has 2 aromatic heterocycles. The van der Waals surface area contributed by atoms with E-state index in [1.54, 1.807) is 11.3 Å². The predicted octanol–water partition coefficient (Wildman–Crippen LogP) is 1.46. The Morgan fingerprint density at radius 2 is 2.38 bits per heavy atom. The molecule has 0 aliphatic heterocycles. The molecular formula is C10H13N5S. The van der Waals surface area contributed by atoms with Crippen molar-refractivity contribution in [3.8, 4) is 0 Å². The molecule has 2 rings (SSSR count). The number of hydrogen-bond acceptors (Lipinski definition) is 6. The van der Waals surface area contributed by atoms with Crippen molar-refractivity contribution in [2.24, 2.45) is 5.84 Å². The first-order valence-electron chi connectivity index (χ1n) is 4.80. The summed E-state index contributed by atoms with van der Waals surface area (Å²) in [5.41, 5.74) is 3.78. The van der Waals surface area contributed by atoms with E-state index in [4.69, 9.17) is 5.84 Å². The van der Waals surface area contributed by atoms with Gasteiger partial charge in [-0.15, -0.1) is 0 Å². The van der Waals surface area contributed by atoms with Crippen molar-refractivity contribution in [1.29, 1.82) is 0 Å². The SMILES string of the molecule is CN(Cc1ccsc1)c1cc(NN)ncn1. The molecule has 84 valence electrons. The molecule has 3 N–H and O–H groups in total. The maximum atomic E-state index is 5.30. The molecule has 0 saturated carbocycles. The van der Waals surface area contributed by atoms with E-state index in [0.717, 1.165) is 12.4 Å². The Labute approximate surface area is 97.9 Å². The van der Waals surface area contributed by atoms with Crippen molar-refractivity contribution in [2.45, 2.75) is 6.54 Å². The van der Waals surface area contributed by atoms with Crippen LogP contribution in [0.2, 0.25) is 0 Å². The van der Waals surface area contributed by atoms with Gasteiger partial charge in [0.05, 0.1) is 0 Å². The molecule has 0 saturated heterocycles. The highest BCUT2D eigenvalue weighted by Crippen LogP contribution is 2.15. The fraction of sp³-hybridized carbons (Fsp3) is 0.200. The Hall–Kier alpha value is -1.66. The lowest BCUT2D eigenvalue weighted by Gasteiger charge is -2.17. The highest BCUT2D eigenvalue weighted by atomic mass is 32.1. The van der Waals surface area contributed by atoms with Crippen LogP contribution >= 0.6 is 11.3 Å². The summed E-state index contributed by atoms with van der Waals surface area (Å²) >= 11 is 1.69. The zero-order valence-corrected chi connectivity index (χ0v) is 9.74. The monoisotopic (exact) mass is 235 g/mol. The lowest BCUT2D eigenvalue weighted by atomic mass is 10.3. The molecule has 0 atom stereocenters. The zero-order chi connectivity index (χ0) is 11.4. The quantitative estimate of drug-likeness (QED) is 0.620. The summed E-state index contributed by atoms with van der Waals surface area (Å²) in [5.74, 6) is 6.75. The molecule has 0 unspecified atom stereocenters. The summed E-state index contributed by atoms with van der Waals surface area (Å²) in [5, 5.41) is 4.19. The van der Waals surface area contributed by atoms with Crippen LogP contribution < -0.4 is 16.2 Å². The average molecular weight is 235 g/mol. The van der Waals surface area contributed by atoms with Crippen LogP contribution in [0.1, 0.15) is 5.56 Å². The first-order chi connectivity index (χ1) is 7.79. The van der Waals surface area contributed by atoms with Crippen LogP contribution in [-0.4, -0.2) is 17.0 Å². The van der Waals surface area contributed by atoms with Crippen molar-refractivity contribution in [2.75, 3.05) is 17.4 Å². The van der Waals surface area contributed by atoms with Crippen molar-refractivity contribution in [1.82, 2.24) is 9.97 Å². The molecule has 0 aromatic carbocycles. The van der Waals surface area contributed by atoms with Crippen LogP contribution in [0, 0.1) is 0 Å². The van der Waals surface area contributed by atoms with Crippen LogP contribution in [-0.2, 0) is 6.54 Å². The molecule has 2 aromatic rings. The summed E-state index contributed by atoms with van der Waals surface area (Å²) in [6, 6.07) is 3.91. The number of nitrogens with zero attached hydrogens (tertiary/aromatic N) is 3. The maximum absolute atomic E-state index is 5.30. The number of anilines is 2. The maximum Gasteiger partial charge on any atom is 0.145 e. The largest absolute Gasteiger partial charge is 0.355 e. The smallest absolute Gasteiger partial charge is 0.145 e. The summed E-state index contributed by atoms with van der Waals surface area (Å²) in [7, 11) is 1.99. The number of rotatable bonds is 4. The molecule has 0 radical (unpaired) electrons. The third-order valence-corrected chi connectivity index (χ3v) is 2.92. The van der Waals surface area contributed by atoms with E-state index < -0.39 is 0 Å². The first kappa shape index (κ1) is 10.8. The van der Waals surface area contributed by atoms with Crippen molar-refractivity contribution in [3.05, 3.63) is 34.8 Å². The van der Waals surface area contributed by atoms with Crippen LogP contribution in [0.25, 0.3) is 0 Å². The normalized spacial score (nSPS) is 10.1. The Morgan fingerprint density at radius 3 is 3.06 bits per heavy atom. The zero-order valence-electron chi connectivity index (χ0n) is 8.92. The van der Waals surface area contributed by atoms with Gasteiger partial charge in [-0.05, 0) is 22.4 Å². The molecule has 16 heavy (non-hydrogen) atoms. The van der Waals surface area contributed by atoms with Crippen LogP contribution in [0.4, 0.5) is 11.6 Å². The predicted molar refractivity (Wildman–Crippen MR) is 66.3 cm³/mol. The van der Waals surface area contributed by atoms with Crippen molar-refractivity contribution < 1.29 is 0 Å². The van der Waals surface area contributed by atoms with E-state index >= 15 is 0 Å². The lowest BCUT2D eigenvalue weighted by molar-refractivity contribution is 0.894. The van der Waals surface area contributed by atoms with Gasteiger partial charge < -0.3 is 10.3 Å². The number of thiophene rings is 1. The Bertz CT molecular complexity index is 442. The minimum atomic E-state index is 0.613. The molecule has 0 aliphatic carbocycles. The summed E-state index contributed by atoms with van der Waals surface area (Å²) in [6.45, 7) is 0.824. The fourth-order valence-corrected chi connectivity index (χ4v) is 2.03. The van der Waals surface area contributed by atoms with Gasteiger partial charge in [-0.2, -0.15) is 11.3 Å². The minimum absolute atomic E-state index is 0.613. The molecule has 0 amide bonds. The third kappa shape index (κ3) is 2.47. The van der Waals surface area contributed by atoms with Crippen molar-refractivity contribution in [3.63, 3.8) is 0 Å². The third-order valence-electron chi connectivity index (χ3n) is 2.19. The molecule has 0 spiro atoms. The molecule has 6 heteroatoms. The van der Waals surface area contributed by atoms with Crippen molar-refractivity contribution >= 4 is 23.0 Å². The summed E-state index contributed by atoms with van der Waals surface area (Å²) in [6.07, 6.45) is 1.49. The molecule has 2 heterocycles. The number of nitrogens with one attached hydrogen (secondary N) is 1. The fourth-order valence-electron chi connectivity index (χ4n) is 1.37. The number of aromatic nitrogens is 2. The highest BCUT2D eigenvalue weighted by molar-refractivity contribution is 7.07. The van der Waals surface area contributed by atoms with Gasteiger partial charge in [0, 0.05) is 19.7 Å². The highest BCUT2D eigenvalue weighted by Gasteiger charge is 2.04. The van der Waals surface area contributed by atoms with Gasteiger partial charge >= 0.3 is 0 Å². The molecule has 0 bridgehead atoms. The Morgan fingerprint density at radius 1 is 1.50 bits per heavy atom.